The van der Waals surface area contributed by atoms with Crippen molar-refractivity contribution in [3.8, 4) is 0 Å². The molecule has 1 aromatic carbocycles. The average molecular weight is 407 g/mol. The fraction of sp³-hybridized carbons (Fsp3) is 0.600. The smallest absolute Gasteiger partial charge is 0.369 e. The highest BCUT2D eigenvalue weighted by Gasteiger charge is 2.71. The number of aliphatic hydroxyl groups is 1. The summed E-state index contributed by atoms with van der Waals surface area (Å²) in [5, 5.41) is 9.32. The van der Waals surface area contributed by atoms with Crippen LogP contribution in [0.4, 0.5) is 26.3 Å². The molecule has 0 saturated heterocycles. The molecule has 0 unspecified atom stereocenters. The molecule has 0 bridgehead atoms. The van der Waals surface area contributed by atoms with E-state index < -0.39 is 38.4 Å². The van der Waals surface area contributed by atoms with Crippen LogP contribution in [0.3, 0.4) is 0 Å². The average Bonchev–Trinajstić information content (AvgIpc) is 2.51. The van der Waals surface area contributed by atoms with E-state index in [9.17, 15) is 39.9 Å². The van der Waals surface area contributed by atoms with Gasteiger partial charge in [-0.2, -0.15) is 30.6 Å². The maximum absolute atomic E-state index is 12.9. The van der Waals surface area contributed by atoms with Gasteiger partial charge in [-0.05, 0) is 25.0 Å². The molecule has 150 valence electrons. The summed E-state index contributed by atoms with van der Waals surface area (Å²) < 4.78 is 103. The zero-order chi connectivity index (χ0) is 20.4. The lowest BCUT2D eigenvalue weighted by Crippen LogP contribution is -2.53. The molecule has 4 nitrogen and oxygen atoms in total. The third-order valence-corrected chi connectivity index (χ3v) is 5.59. The lowest BCUT2D eigenvalue weighted by Gasteiger charge is -2.32. The van der Waals surface area contributed by atoms with Gasteiger partial charge in [-0.25, -0.2) is 8.42 Å². The Labute approximate surface area is 147 Å². The van der Waals surface area contributed by atoms with Gasteiger partial charge in [-0.1, -0.05) is 26.0 Å². The van der Waals surface area contributed by atoms with E-state index in [2.05, 4.69) is 0 Å². The van der Waals surface area contributed by atoms with Crippen LogP contribution in [0.15, 0.2) is 29.2 Å². The van der Waals surface area contributed by atoms with Crippen LogP contribution in [-0.4, -0.2) is 43.3 Å². The van der Waals surface area contributed by atoms with Crippen LogP contribution in [0.1, 0.15) is 32.3 Å². The fourth-order valence-electron chi connectivity index (χ4n) is 2.36. The molecule has 0 radical (unpaired) electrons. The van der Waals surface area contributed by atoms with Gasteiger partial charge in [0.15, 0.2) is 0 Å². The van der Waals surface area contributed by atoms with Crippen molar-refractivity contribution in [3.05, 3.63) is 29.8 Å². The summed E-state index contributed by atoms with van der Waals surface area (Å²) in [5.74, 6) is 0. The van der Waals surface area contributed by atoms with Gasteiger partial charge in [0.05, 0.1) is 4.90 Å². The third-order valence-electron chi connectivity index (χ3n) is 3.68. The molecule has 0 amide bonds. The van der Waals surface area contributed by atoms with Crippen molar-refractivity contribution in [1.82, 2.24) is 4.31 Å². The SMILES string of the molecule is CCCN(CCC)S(=O)(=O)c1ccc(C(O)(C(F)(F)F)C(F)(F)F)cc1. The molecule has 0 heterocycles. The van der Waals surface area contributed by atoms with E-state index in [1.807, 2.05) is 0 Å². The van der Waals surface area contributed by atoms with Crippen LogP contribution in [-0.2, 0) is 15.6 Å². The lowest BCUT2D eigenvalue weighted by atomic mass is 9.92. The summed E-state index contributed by atoms with van der Waals surface area (Å²) in [6, 6.07) is 1.91. The Morgan fingerprint density at radius 1 is 0.885 bits per heavy atom. The molecule has 0 aliphatic heterocycles. The van der Waals surface area contributed by atoms with E-state index in [0.29, 0.717) is 37.1 Å². The van der Waals surface area contributed by atoms with E-state index in [-0.39, 0.29) is 13.1 Å². The number of sulfonamides is 1. The van der Waals surface area contributed by atoms with Crippen molar-refractivity contribution < 1.29 is 39.9 Å². The molecule has 0 fully saturated rings. The Hall–Kier alpha value is -1.33. The second-order valence-electron chi connectivity index (χ2n) is 5.63. The van der Waals surface area contributed by atoms with Gasteiger partial charge in [-0.3, -0.25) is 0 Å². The zero-order valence-electron chi connectivity index (χ0n) is 14.0. The standard InChI is InChI=1S/C15H19F6NO3S/c1-3-9-22(10-4-2)26(24,25)12-7-5-11(6-8-12)13(23,14(16,17)18)15(19,20)21/h5-8,23H,3-4,9-10H2,1-2H3. The first-order chi connectivity index (χ1) is 11.7. The van der Waals surface area contributed by atoms with Crippen molar-refractivity contribution >= 4 is 10.0 Å². The minimum absolute atomic E-state index is 0.160. The van der Waals surface area contributed by atoms with Crippen LogP contribution in [0.25, 0.3) is 0 Å². The van der Waals surface area contributed by atoms with E-state index >= 15 is 0 Å². The topological polar surface area (TPSA) is 57.6 Å². The normalized spacial score (nSPS) is 14.1. The molecular weight excluding hydrogens is 388 g/mol. The van der Waals surface area contributed by atoms with Gasteiger partial charge in [0.1, 0.15) is 0 Å². The van der Waals surface area contributed by atoms with Gasteiger partial charge >= 0.3 is 12.4 Å². The van der Waals surface area contributed by atoms with Gasteiger partial charge in [0.2, 0.25) is 10.0 Å². The number of alkyl halides is 6. The minimum Gasteiger partial charge on any atom is -0.369 e. The summed E-state index contributed by atoms with van der Waals surface area (Å²) in [6.45, 7) is 3.78. The van der Waals surface area contributed by atoms with Crippen molar-refractivity contribution in [2.24, 2.45) is 0 Å². The molecule has 26 heavy (non-hydrogen) atoms. The van der Waals surface area contributed by atoms with Gasteiger partial charge in [-0.15, -0.1) is 0 Å². The summed E-state index contributed by atoms with van der Waals surface area (Å²) in [7, 11) is -4.07. The van der Waals surface area contributed by atoms with E-state index in [1.165, 1.54) is 0 Å². The fourth-order valence-corrected chi connectivity index (χ4v) is 3.98. The van der Waals surface area contributed by atoms with Crippen LogP contribution in [0, 0.1) is 0 Å². The second kappa shape index (κ2) is 7.73. The largest absolute Gasteiger partial charge is 0.430 e. The van der Waals surface area contributed by atoms with Crippen molar-refractivity contribution in [1.29, 1.82) is 0 Å². The Morgan fingerprint density at radius 3 is 1.58 bits per heavy atom. The van der Waals surface area contributed by atoms with Crippen LogP contribution in [0.5, 0.6) is 0 Å². The predicted molar refractivity (Wildman–Crippen MR) is 81.8 cm³/mol. The number of rotatable bonds is 7. The Morgan fingerprint density at radius 2 is 1.27 bits per heavy atom. The number of hydrogen-bond acceptors (Lipinski definition) is 3. The van der Waals surface area contributed by atoms with Crippen LogP contribution in [0.2, 0.25) is 0 Å². The van der Waals surface area contributed by atoms with E-state index in [1.54, 1.807) is 13.8 Å². The molecule has 0 atom stereocenters. The first kappa shape index (κ1) is 22.7. The first-order valence-electron chi connectivity index (χ1n) is 7.70. The Balaban J connectivity index is 3.38. The predicted octanol–water partition coefficient (Wildman–Crippen LogP) is 3.81. The highest BCUT2D eigenvalue weighted by atomic mass is 32.2. The molecule has 1 aromatic rings. The molecule has 11 heteroatoms. The molecular formula is C15H19F6NO3S. The van der Waals surface area contributed by atoms with Crippen molar-refractivity contribution in [2.45, 2.75) is 49.5 Å². The maximum atomic E-state index is 12.9. The number of benzene rings is 1. The highest BCUT2D eigenvalue weighted by Crippen LogP contribution is 2.50. The molecule has 0 spiro atoms. The molecule has 0 aliphatic carbocycles. The molecule has 0 aliphatic rings. The number of nitrogens with zero attached hydrogens (tertiary/aromatic N) is 1. The lowest BCUT2D eigenvalue weighted by molar-refractivity contribution is -0.376. The summed E-state index contributed by atoms with van der Waals surface area (Å²) in [5.41, 5.74) is -6.59. The van der Waals surface area contributed by atoms with Crippen molar-refractivity contribution in [2.75, 3.05) is 13.1 Å². The minimum atomic E-state index is -6.03. The highest BCUT2D eigenvalue weighted by molar-refractivity contribution is 7.89. The van der Waals surface area contributed by atoms with Crippen LogP contribution >= 0.6 is 0 Å². The monoisotopic (exact) mass is 407 g/mol. The first-order valence-corrected chi connectivity index (χ1v) is 9.14. The molecule has 1 rings (SSSR count). The molecule has 1 N–H and O–H groups in total. The molecule has 0 saturated carbocycles. The number of halogens is 6. The third kappa shape index (κ3) is 4.15. The summed E-state index contributed by atoms with van der Waals surface area (Å²) in [6.07, 6.45) is -11.1. The Bertz CT molecular complexity index is 678. The zero-order valence-corrected chi connectivity index (χ0v) is 14.8. The summed E-state index contributed by atoms with van der Waals surface area (Å²) >= 11 is 0. The van der Waals surface area contributed by atoms with E-state index in [4.69, 9.17) is 0 Å². The second-order valence-corrected chi connectivity index (χ2v) is 7.57. The van der Waals surface area contributed by atoms with Crippen LogP contribution < -0.4 is 0 Å². The Kier molecular flexibility index (Phi) is 6.75. The van der Waals surface area contributed by atoms with Crippen molar-refractivity contribution in [3.63, 3.8) is 0 Å². The molecule has 0 aromatic heterocycles. The number of hydrogen-bond donors (Lipinski definition) is 1. The maximum Gasteiger partial charge on any atom is 0.430 e. The van der Waals surface area contributed by atoms with E-state index in [0.717, 1.165) is 4.31 Å². The quantitative estimate of drug-likeness (QED) is 0.700. The van der Waals surface area contributed by atoms with Gasteiger partial charge < -0.3 is 5.11 Å². The summed E-state index contributed by atoms with van der Waals surface area (Å²) in [4.78, 5) is -0.449. The van der Waals surface area contributed by atoms with Gasteiger partial charge in [0, 0.05) is 18.7 Å². The van der Waals surface area contributed by atoms with Gasteiger partial charge in [0.25, 0.3) is 5.60 Å².